The van der Waals surface area contributed by atoms with Gasteiger partial charge in [-0.2, -0.15) is 13.2 Å². The van der Waals surface area contributed by atoms with Gasteiger partial charge in [0.15, 0.2) is 0 Å². The number of carbonyl (C=O) groups is 3. The number of hydrogen-bond donors (Lipinski definition) is 0. The van der Waals surface area contributed by atoms with E-state index in [2.05, 4.69) is 6.92 Å². The first-order valence-corrected chi connectivity index (χ1v) is 11.2. The highest BCUT2D eigenvalue weighted by molar-refractivity contribution is 6.05. The molecule has 0 aromatic carbocycles. The number of fused-ring (bicyclic) bond motifs is 5. The van der Waals surface area contributed by atoms with Gasteiger partial charge in [0.1, 0.15) is 11.9 Å². The molecule has 4 nitrogen and oxygen atoms in total. The van der Waals surface area contributed by atoms with Gasteiger partial charge in [-0.3, -0.25) is 14.4 Å². The maximum atomic E-state index is 13.1. The summed E-state index contributed by atoms with van der Waals surface area (Å²) in [5.74, 6) is -3.23. The van der Waals surface area contributed by atoms with E-state index < -0.39 is 29.1 Å². The van der Waals surface area contributed by atoms with Crippen LogP contribution in [-0.4, -0.2) is 29.8 Å². The van der Waals surface area contributed by atoms with Crippen LogP contribution in [0.4, 0.5) is 13.2 Å². The average Bonchev–Trinajstić information content (AvgIpc) is 2.96. The van der Waals surface area contributed by atoms with Gasteiger partial charge in [0, 0.05) is 18.8 Å². The molecule has 4 fully saturated rings. The van der Waals surface area contributed by atoms with Crippen LogP contribution in [-0.2, 0) is 19.1 Å². The molecule has 0 amide bonds. The van der Waals surface area contributed by atoms with Crippen molar-refractivity contribution in [2.75, 3.05) is 0 Å². The van der Waals surface area contributed by atoms with Gasteiger partial charge >= 0.3 is 12.1 Å². The highest BCUT2D eigenvalue weighted by Crippen LogP contribution is 2.66. The van der Waals surface area contributed by atoms with E-state index in [1.165, 1.54) is 6.92 Å². The number of ether oxygens (including phenoxy) is 1. The van der Waals surface area contributed by atoms with Crippen molar-refractivity contribution in [3.05, 3.63) is 0 Å². The van der Waals surface area contributed by atoms with E-state index in [1.54, 1.807) is 0 Å². The Kier molecular flexibility index (Phi) is 5.13. The minimum Gasteiger partial charge on any atom is -0.462 e. The summed E-state index contributed by atoms with van der Waals surface area (Å²) in [5, 5.41) is 0. The third-order valence-electron chi connectivity index (χ3n) is 9.36. The quantitative estimate of drug-likeness (QED) is 0.464. The number of carbonyl (C=O) groups excluding carboxylic acids is 3. The number of rotatable bonds is 2. The summed E-state index contributed by atoms with van der Waals surface area (Å²) in [6, 6.07) is 0. The summed E-state index contributed by atoms with van der Waals surface area (Å²) < 4.78 is 45.0. The Morgan fingerprint density at radius 3 is 2.30 bits per heavy atom. The van der Waals surface area contributed by atoms with Crippen molar-refractivity contribution in [1.29, 1.82) is 0 Å². The number of ketones is 2. The fraction of sp³-hybridized carbons (Fsp3) is 0.870. The summed E-state index contributed by atoms with van der Waals surface area (Å²) in [5.41, 5.74) is -0.523. The summed E-state index contributed by atoms with van der Waals surface area (Å²) in [6.45, 7) is 5.66. The van der Waals surface area contributed by atoms with Gasteiger partial charge in [0.2, 0.25) is 5.78 Å². The van der Waals surface area contributed by atoms with Crippen molar-refractivity contribution in [1.82, 2.24) is 0 Å². The zero-order chi connectivity index (χ0) is 22.1. The standard InChI is InChI=1S/C23H31F3O4/c1-12(27)30-19-7-6-16-14-5-4-13-10-18(28)15(20(29)23(24,25)26)11-22(13,3)17(14)8-9-21(16,19)2/h13-17,19H,4-11H2,1-3H3/t13-,14+,15+,16+,17+,19+,21+,22+/m1/s1. The zero-order valence-corrected chi connectivity index (χ0v) is 17.9. The molecule has 0 aromatic heterocycles. The summed E-state index contributed by atoms with van der Waals surface area (Å²) in [4.78, 5) is 36.0. The minimum absolute atomic E-state index is 0.0207. The van der Waals surface area contributed by atoms with E-state index in [0.29, 0.717) is 11.8 Å². The first-order valence-electron chi connectivity index (χ1n) is 11.2. The molecule has 0 heterocycles. The van der Waals surface area contributed by atoms with Gasteiger partial charge in [0.05, 0.1) is 5.92 Å². The molecule has 0 radical (unpaired) electrons. The molecule has 4 saturated carbocycles. The van der Waals surface area contributed by atoms with Crippen molar-refractivity contribution >= 4 is 17.5 Å². The number of hydrogen-bond acceptors (Lipinski definition) is 4. The normalized spacial score (nSPS) is 45.9. The lowest BCUT2D eigenvalue weighted by Crippen LogP contribution is -2.57. The van der Waals surface area contributed by atoms with Gasteiger partial charge in [0.25, 0.3) is 0 Å². The number of halogens is 3. The molecule has 0 aromatic rings. The van der Waals surface area contributed by atoms with Crippen molar-refractivity contribution in [2.45, 2.75) is 84.4 Å². The van der Waals surface area contributed by atoms with Crippen LogP contribution in [0.3, 0.4) is 0 Å². The molecule has 0 bridgehead atoms. The molecular weight excluding hydrogens is 397 g/mol. The molecule has 4 aliphatic carbocycles. The van der Waals surface area contributed by atoms with Crippen LogP contribution in [0.15, 0.2) is 0 Å². The van der Waals surface area contributed by atoms with E-state index in [1.807, 2.05) is 6.92 Å². The Labute approximate surface area is 175 Å². The molecular formula is C23H31F3O4. The molecule has 4 aliphatic rings. The third kappa shape index (κ3) is 3.22. The summed E-state index contributed by atoms with van der Waals surface area (Å²) >= 11 is 0. The number of Topliss-reactive ketones (excluding diaryl/α,β-unsaturated/α-hetero) is 2. The molecule has 4 rings (SSSR count). The van der Waals surface area contributed by atoms with E-state index >= 15 is 0 Å². The van der Waals surface area contributed by atoms with Gasteiger partial charge in [-0.05, 0) is 74.0 Å². The van der Waals surface area contributed by atoms with Crippen LogP contribution in [0, 0.1) is 40.4 Å². The molecule has 168 valence electrons. The Morgan fingerprint density at radius 2 is 1.67 bits per heavy atom. The van der Waals surface area contributed by atoms with E-state index in [4.69, 9.17) is 4.74 Å². The molecule has 0 spiro atoms. The Hall–Kier alpha value is -1.40. The topological polar surface area (TPSA) is 60.4 Å². The third-order valence-corrected chi connectivity index (χ3v) is 9.36. The van der Waals surface area contributed by atoms with Gasteiger partial charge in [-0.1, -0.05) is 13.8 Å². The summed E-state index contributed by atoms with van der Waals surface area (Å²) in [6.07, 6.45) is 0.332. The SMILES string of the molecule is CC(=O)O[C@H]1CC[C@H]2[C@@H]3CC[C@@H]4CC(=O)[C@@H](C(=O)C(F)(F)F)C[C@]4(C)[C@H]3CC[C@]12C. The van der Waals surface area contributed by atoms with Crippen molar-refractivity contribution in [3.63, 3.8) is 0 Å². The molecule has 0 saturated heterocycles. The Bertz CT molecular complexity index is 762. The number of alkyl halides is 3. The molecule has 8 atom stereocenters. The second-order valence-corrected chi connectivity index (χ2v) is 10.7. The Morgan fingerprint density at radius 1 is 1.00 bits per heavy atom. The van der Waals surface area contributed by atoms with Crippen molar-refractivity contribution in [3.8, 4) is 0 Å². The zero-order valence-electron chi connectivity index (χ0n) is 17.9. The van der Waals surface area contributed by atoms with E-state index in [-0.39, 0.29) is 42.2 Å². The molecule has 0 N–H and O–H groups in total. The largest absolute Gasteiger partial charge is 0.462 e. The van der Waals surface area contributed by atoms with Gasteiger partial charge < -0.3 is 4.74 Å². The van der Waals surface area contributed by atoms with Crippen LogP contribution in [0.25, 0.3) is 0 Å². The van der Waals surface area contributed by atoms with Crippen LogP contribution < -0.4 is 0 Å². The van der Waals surface area contributed by atoms with Crippen LogP contribution in [0.5, 0.6) is 0 Å². The Balaban J connectivity index is 1.60. The predicted octanol–water partition coefficient (Wildman–Crippen LogP) is 4.89. The average molecular weight is 428 g/mol. The van der Waals surface area contributed by atoms with E-state index in [0.717, 1.165) is 38.5 Å². The maximum absolute atomic E-state index is 13.1. The highest BCUT2D eigenvalue weighted by atomic mass is 19.4. The first-order chi connectivity index (χ1) is 13.9. The van der Waals surface area contributed by atoms with Crippen LogP contribution in [0.1, 0.15) is 72.1 Å². The van der Waals surface area contributed by atoms with Gasteiger partial charge in [-0.15, -0.1) is 0 Å². The molecule has 7 heteroatoms. The monoisotopic (exact) mass is 428 g/mol. The molecule has 30 heavy (non-hydrogen) atoms. The summed E-state index contributed by atoms with van der Waals surface area (Å²) in [7, 11) is 0. The molecule has 0 aliphatic heterocycles. The molecule has 0 unspecified atom stereocenters. The van der Waals surface area contributed by atoms with Crippen LogP contribution >= 0.6 is 0 Å². The smallest absolute Gasteiger partial charge is 0.450 e. The van der Waals surface area contributed by atoms with Crippen molar-refractivity contribution in [2.24, 2.45) is 40.4 Å². The lowest BCUT2D eigenvalue weighted by molar-refractivity contribution is -0.185. The lowest BCUT2D eigenvalue weighted by Gasteiger charge is -2.60. The van der Waals surface area contributed by atoms with Gasteiger partial charge in [-0.25, -0.2) is 0 Å². The number of esters is 1. The fourth-order valence-corrected chi connectivity index (χ4v) is 7.91. The maximum Gasteiger partial charge on any atom is 0.450 e. The predicted molar refractivity (Wildman–Crippen MR) is 102 cm³/mol. The fourth-order valence-electron chi connectivity index (χ4n) is 7.91. The minimum atomic E-state index is -4.97. The first kappa shape index (κ1) is 21.8. The lowest BCUT2D eigenvalue weighted by atomic mass is 9.44. The van der Waals surface area contributed by atoms with Crippen molar-refractivity contribution < 1.29 is 32.3 Å². The highest BCUT2D eigenvalue weighted by Gasteiger charge is 2.63. The van der Waals surface area contributed by atoms with Crippen LogP contribution in [0.2, 0.25) is 0 Å². The van der Waals surface area contributed by atoms with E-state index in [9.17, 15) is 27.6 Å². The second-order valence-electron chi connectivity index (χ2n) is 10.7. The second kappa shape index (κ2) is 7.06.